The van der Waals surface area contributed by atoms with Crippen molar-refractivity contribution in [1.82, 2.24) is 0 Å². The Labute approximate surface area is 117 Å². The highest BCUT2D eigenvalue weighted by molar-refractivity contribution is 6.00. The lowest BCUT2D eigenvalue weighted by Crippen LogP contribution is -2.08. The topological polar surface area (TPSA) is 80.3 Å². The number of hydrogen-bond acceptors (Lipinski definition) is 4. The second kappa shape index (κ2) is 4.59. The van der Waals surface area contributed by atoms with E-state index >= 15 is 0 Å². The first-order valence-electron chi connectivity index (χ1n) is 6.58. The second-order valence-electron chi connectivity index (χ2n) is 5.14. The van der Waals surface area contributed by atoms with Crippen LogP contribution in [-0.2, 0) is 11.2 Å². The van der Waals surface area contributed by atoms with E-state index < -0.39 is 0 Å². The van der Waals surface area contributed by atoms with Crippen molar-refractivity contribution >= 4 is 23.0 Å². The van der Waals surface area contributed by atoms with Crippen LogP contribution in [0, 0.1) is 6.92 Å². The summed E-state index contributed by atoms with van der Waals surface area (Å²) in [5.74, 6) is 1.74. The summed E-state index contributed by atoms with van der Waals surface area (Å²) in [4.78, 5) is 11.4. The van der Waals surface area contributed by atoms with Gasteiger partial charge in [0.1, 0.15) is 11.5 Å². The fourth-order valence-electron chi connectivity index (χ4n) is 2.41. The Kier molecular flexibility index (Phi) is 2.89. The zero-order valence-corrected chi connectivity index (χ0v) is 11.5. The summed E-state index contributed by atoms with van der Waals surface area (Å²) in [6, 6.07) is 7.59. The lowest BCUT2D eigenvalue weighted by molar-refractivity contribution is -0.115. The molecule has 0 aliphatic carbocycles. The molecular weight excluding hydrogens is 254 g/mol. The molecule has 4 N–H and O–H groups in total. The largest absolute Gasteiger partial charge is 0.464 e. The zero-order valence-electron chi connectivity index (χ0n) is 11.5. The van der Waals surface area contributed by atoms with E-state index in [1.807, 2.05) is 38.1 Å². The number of nitrogen functional groups attached to an aromatic ring is 1. The van der Waals surface area contributed by atoms with Gasteiger partial charge < -0.3 is 20.8 Å². The number of amides is 1. The van der Waals surface area contributed by atoms with Gasteiger partial charge in [0, 0.05) is 5.69 Å². The van der Waals surface area contributed by atoms with Crippen molar-refractivity contribution in [3.05, 3.63) is 41.3 Å². The summed E-state index contributed by atoms with van der Waals surface area (Å²) in [7, 11) is 0. The van der Waals surface area contributed by atoms with Crippen LogP contribution in [0.2, 0.25) is 0 Å². The first kappa shape index (κ1) is 12.6. The van der Waals surface area contributed by atoms with Crippen molar-refractivity contribution in [3.8, 4) is 0 Å². The zero-order chi connectivity index (χ0) is 14.3. The summed E-state index contributed by atoms with van der Waals surface area (Å²) < 4.78 is 5.59. The minimum atomic E-state index is 0.00107. The number of carbonyl (C=O) groups excluding carboxylic acids is 1. The summed E-state index contributed by atoms with van der Waals surface area (Å²) in [5.41, 5.74) is 9.24. The smallest absolute Gasteiger partial charge is 0.228 e. The quantitative estimate of drug-likeness (QED) is 0.750. The average molecular weight is 271 g/mol. The Morgan fingerprint density at radius 2 is 2.20 bits per heavy atom. The Morgan fingerprint density at radius 1 is 1.40 bits per heavy atom. The van der Waals surface area contributed by atoms with Crippen molar-refractivity contribution in [2.45, 2.75) is 26.3 Å². The van der Waals surface area contributed by atoms with Crippen LogP contribution in [0.1, 0.15) is 30.0 Å². The van der Waals surface area contributed by atoms with Gasteiger partial charge in [-0.3, -0.25) is 4.79 Å². The van der Waals surface area contributed by atoms with Gasteiger partial charge in [0.05, 0.1) is 23.8 Å². The predicted octanol–water partition coefficient (Wildman–Crippen LogP) is 2.84. The van der Waals surface area contributed by atoms with E-state index in [4.69, 9.17) is 10.2 Å². The number of benzene rings is 1. The minimum Gasteiger partial charge on any atom is -0.464 e. The summed E-state index contributed by atoms with van der Waals surface area (Å²) in [6.45, 7) is 3.92. The minimum absolute atomic E-state index is 0.00107. The van der Waals surface area contributed by atoms with Crippen LogP contribution in [0.5, 0.6) is 0 Å². The third-order valence-electron chi connectivity index (χ3n) is 3.46. The van der Waals surface area contributed by atoms with Gasteiger partial charge in [0.15, 0.2) is 0 Å². The SMILES string of the molecule is Cc1ccc(C(C)Nc2cc3c(cc2N)CC(=O)N3)o1. The predicted molar refractivity (Wildman–Crippen MR) is 78.7 cm³/mol. The molecule has 2 heterocycles. The summed E-state index contributed by atoms with van der Waals surface area (Å²) in [5, 5.41) is 6.14. The maximum Gasteiger partial charge on any atom is 0.228 e. The number of furan rings is 1. The number of carbonyl (C=O) groups is 1. The van der Waals surface area contributed by atoms with Crippen LogP contribution >= 0.6 is 0 Å². The molecule has 1 aromatic carbocycles. The molecule has 0 saturated heterocycles. The number of hydrogen-bond donors (Lipinski definition) is 3. The first-order valence-corrected chi connectivity index (χ1v) is 6.58. The fourth-order valence-corrected chi connectivity index (χ4v) is 2.41. The standard InChI is InChI=1S/C15H17N3O2/c1-8-3-4-14(20-8)9(2)17-13-7-12-10(5-11(13)16)6-15(19)18-12/h3-5,7,9,17H,6,16H2,1-2H3,(H,18,19). The molecule has 0 spiro atoms. The van der Waals surface area contributed by atoms with E-state index in [9.17, 15) is 4.79 Å². The molecule has 0 bridgehead atoms. The van der Waals surface area contributed by atoms with Crippen LogP contribution in [0.15, 0.2) is 28.7 Å². The van der Waals surface area contributed by atoms with Gasteiger partial charge in [-0.15, -0.1) is 0 Å². The molecular formula is C15H17N3O2. The van der Waals surface area contributed by atoms with E-state index in [-0.39, 0.29) is 11.9 Å². The lowest BCUT2D eigenvalue weighted by Gasteiger charge is -2.16. The van der Waals surface area contributed by atoms with E-state index in [1.165, 1.54) is 0 Å². The molecule has 1 unspecified atom stereocenters. The Hall–Kier alpha value is -2.43. The molecule has 1 atom stereocenters. The summed E-state index contributed by atoms with van der Waals surface area (Å²) >= 11 is 0. The maximum atomic E-state index is 11.4. The Bertz CT molecular complexity index is 676. The van der Waals surface area contributed by atoms with Gasteiger partial charge in [-0.1, -0.05) is 0 Å². The van der Waals surface area contributed by atoms with Crippen LogP contribution in [0.25, 0.3) is 0 Å². The molecule has 0 saturated carbocycles. The molecule has 2 aromatic rings. The Balaban J connectivity index is 1.84. The first-order chi connectivity index (χ1) is 9.52. The van der Waals surface area contributed by atoms with E-state index in [2.05, 4.69) is 10.6 Å². The third-order valence-corrected chi connectivity index (χ3v) is 3.46. The normalized spacial score (nSPS) is 14.8. The maximum absolute atomic E-state index is 11.4. The van der Waals surface area contributed by atoms with Gasteiger partial charge >= 0.3 is 0 Å². The number of fused-ring (bicyclic) bond motifs is 1. The molecule has 3 rings (SSSR count). The molecule has 1 aromatic heterocycles. The highest BCUT2D eigenvalue weighted by atomic mass is 16.3. The lowest BCUT2D eigenvalue weighted by atomic mass is 10.1. The van der Waals surface area contributed by atoms with Gasteiger partial charge in [0.2, 0.25) is 5.91 Å². The Morgan fingerprint density at radius 3 is 2.90 bits per heavy atom. The number of rotatable bonds is 3. The van der Waals surface area contributed by atoms with Crippen molar-refractivity contribution < 1.29 is 9.21 Å². The van der Waals surface area contributed by atoms with E-state index in [0.29, 0.717) is 12.1 Å². The van der Waals surface area contributed by atoms with Crippen molar-refractivity contribution in [2.24, 2.45) is 0 Å². The average Bonchev–Trinajstić information content (AvgIpc) is 2.95. The monoisotopic (exact) mass is 271 g/mol. The van der Waals surface area contributed by atoms with Gasteiger partial charge in [-0.05, 0) is 43.7 Å². The van der Waals surface area contributed by atoms with E-state index in [1.54, 1.807) is 0 Å². The third kappa shape index (κ3) is 2.22. The molecule has 1 amide bonds. The second-order valence-corrected chi connectivity index (χ2v) is 5.14. The van der Waals surface area contributed by atoms with E-state index in [0.717, 1.165) is 28.5 Å². The molecule has 5 nitrogen and oxygen atoms in total. The van der Waals surface area contributed by atoms with Crippen LogP contribution in [0.3, 0.4) is 0 Å². The summed E-state index contributed by atoms with van der Waals surface area (Å²) in [6.07, 6.45) is 0.396. The van der Waals surface area contributed by atoms with Crippen molar-refractivity contribution in [2.75, 3.05) is 16.4 Å². The van der Waals surface area contributed by atoms with Gasteiger partial charge in [-0.2, -0.15) is 0 Å². The van der Waals surface area contributed by atoms with Gasteiger partial charge in [0.25, 0.3) is 0 Å². The number of nitrogens with two attached hydrogens (primary N) is 1. The molecule has 1 aliphatic rings. The highest BCUT2D eigenvalue weighted by Gasteiger charge is 2.20. The van der Waals surface area contributed by atoms with Crippen LogP contribution in [0.4, 0.5) is 17.1 Å². The fraction of sp³-hybridized carbons (Fsp3) is 0.267. The van der Waals surface area contributed by atoms with Crippen molar-refractivity contribution in [1.29, 1.82) is 0 Å². The molecule has 104 valence electrons. The molecule has 5 heteroatoms. The van der Waals surface area contributed by atoms with Crippen LogP contribution in [-0.4, -0.2) is 5.91 Å². The molecule has 0 fully saturated rings. The number of nitrogens with one attached hydrogen (secondary N) is 2. The molecule has 0 radical (unpaired) electrons. The highest BCUT2D eigenvalue weighted by Crippen LogP contribution is 2.33. The number of anilines is 3. The molecule has 1 aliphatic heterocycles. The van der Waals surface area contributed by atoms with Crippen LogP contribution < -0.4 is 16.4 Å². The van der Waals surface area contributed by atoms with Crippen molar-refractivity contribution in [3.63, 3.8) is 0 Å². The number of aryl methyl sites for hydroxylation is 1. The van der Waals surface area contributed by atoms with Gasteiger partial charge in [-0.25, -0.2) is 0 Å². The molecule has 20 heavy (non-hydrogen) atoms.